The van der Waals surface area contributed by atoms with Crippen molar-refractivity contribution in [2.45, 2.75) is 6.42 Å². The normalized spacial score (nSPS) is 14.2. The van der Waals surface area contributed by atoms with E-state index in [1.165, 1.54) is 7.11 Å². The van der Waals surface area contributed by atoms with E-state index < -0.39 is 0 Å². The van der Waals surface area contributed by atoms with Crippen molar-refractivity contribution in [3.8, 4) is 28.7 Å². The largest absolute Gasteiger partial charge is 0.493 e. The Kier molecular flexibility index (Phi) is 6.12. The number of methoxy groups -OCH3 is 5. The summed E-state index contributed by atoms with van der Waals surface area (Å²) in [4.78, 5) is 12.9. The van der Waals surface area contributed by atoms with Crippen molar-refractivity contribution < 1.29 is 28.5 Å². The number of Topliss-reactive ketones (excluding diaryl/α,β-unsaturated/α-hetero) is 1. The third-order valence-electron chi connectivity index (χ3n) is 4.80. The van der Waals surface area contributed by atoms with Gasteiger partial charge in [-0.3, -0.25) is 4.79 Å². The van der Waals surface area contributed by atoms with Gasteiger partial charge in [0, 0.05) is 12.0 Å². The monoisotopic (exact) mass is 396 g/mol. The summed E-state index contributed by atoms with van der Waals surface area (Å²) in [5.41, 5.74) is 3.05. The molecule has 6 heteroatoms. The van der Waals surface area contributed by atoms with Crippen LogP contribution in [0.3, 0.4) is 0 Å². The van der Waals surface area contributed by atoms with Crippen LogP contribution in [-0.4, -0.2) is 41.3 Å². The molecular weight excluding hydrogens is 372 g/mol. The molecule has 2 aromatic carbocycles. The fraction of sp³-hybridized carbons (Fsp3) is 0.261. The molecule has 2 aromatic rings. The predicted molar refractivity (Wildman–Crippen MR) is 111 cm³/mol. The second-order valence-electron chi connectivity index (χ2n) is 6.35. The second-order valence-corrected chi connectivity index (χ2v) is 6.35. The number of ether oxygens (including phenoxy) is 5. The van der Waals surface area contributed by atoms with Crippen LogP contribution in [0.15, 0.2) is 42.0 Å². The van der Waals surface area contributed by atoms with Crippen LogP contribution < -0.4 is 23.7 Å². The molecule has 0 bridgehead atoms. The molecule has 0 aromatic heterocycles. The summed E-state index contributed by atoms with van der Waals surface area (Å²) in [7, 11) is 7.80. The third-order valence-corrected chi connectivity index (χ3v) is 4.80. The molecule has 0 aliphatic heterocycles. The van der Waals surface area contributed by atoms with Crippen LogP contribution in [0.5, 0.6) is 28.7 Å². The molecule has 0 heterocycles. The lowest BCUT2D eigenvalue weighted by Crippen LogP contribution is -2.01. The van der Waals surface area contributed by atoms with Crippen molar-refractivity contribution in [2.75, 3.05) is 35.5 Å². The number of allylic oxidation sites excluding steroid dienone is 3. The standard InChI is InChI=1S/C23H24O6/c1-25-17-10-9-15-13-16(21(24)20(15)23(17)29-5)8-6-7-14-11-18(26-2)22(28-4)19(12-14)27-3/h6-12H,13H2,1-5H3/b7-6+,16-8+. The summed E-state index contributed by atoms with van der Waals surface area (Å²) in [6.07, 6.45) is 6.08. The molecule has 3 rings (SSSR count). The molecule has 0 unspecified atom stereocenters. The first-order valence-corrected chi connectivity index (χ1v) is 9.03. The van der Waals surface area contributed by atoms with E-state index in [0.717, 1.165) is 11.1 Å². The van der Waals surface area contributed by atoms with Crippen LogP contribution in [-0.2, 0) is 6.42 Å². The van der Waals surface area contributed by atoms with Gasteiger partial charge in [-0.1, -0.05) is 24.3 Å². The Labute approximate surface area is 170 Å². The van der Waals surface area contributed by atoms with E-state index in [1.807, 2.05) is 42.5 Å². The van der Waals surface area contributed by atoms with Gasteiger partial charge >= 0.3 is 0 Å². The quantitative estimate of drug-likeness (QED) is 0.657. The van der Waals surface area contributed by atoms with E-state index in [0.29, 0.717) is 46.3 Å². The molecule has 0 saturated carbocycles. The van der Waals surface area contributed by atoms with Crippen LogP contribution >= 0.6 is 0 Å². The summed E-state index contributed by atoms with van der Waals surface area (Å²) in [5, 5.41) is 0. The first-order valence-electron chi connectivity index (χ1n) is 9.03. The smallest absolute Gasteiger partial charge is 0.203 e. The summed E-state index contributed by atoms with van der Waals surface area (Å²) in [5.74, 6) is 2.65. The number of benzene rings is 2. The maximum Gasteiger partial charge on any atom is 0.203 e. The van der Waals surface area contributed by atoms with Crippen molar-refractivity contribution in [3.63, 3.8) is 0 Å². The highest BCUT2D eigenvalue weighted by molar-refractivity contribution is 6.15. The Morgan fingerprint density at radius 1 is 0.793 bits per heavy atom. The van der Waals surface area contributed by atoms with Gasteiger partial charge in [0.05, 0.1) is 41.1 Å². The van der Waals surface area contributed by atoms with Crippen molar-refractivity contribution >= 4 is 11.9 Å². The Hall–Kier alpha value is -3.41. The van der Waals surface area contributed by atoms with Crippen LogP contribution in [0.4, 0.5) is 0 Å². The Balaban J connectivity index is 1.89. The van der Waals surface area contributed by atoms with E-state index in [4.69, 9.17) is 23.7 Å². The molecule has 0 amide bonds. The van der Waals surface area contributed by atoms with Crippen molar-refractivity contribution in [3.05, 3.63) is 58.7 Å². The van der Waals surface area contributed by atoms with E-state index >= 15 is 0 Å². The fourth-order valence-corrected chi connectivity index (χ4v) is 3.42. The minimum atomic E-state index is -0.0507. The summed E-state index contributed by atoms with van der Waals surface area (Å²) in [6.45, 7) is 0. The minimum absolute atomic E-state index is 0.0507. The van der Waals surface area contributed by atoms with Crippen LogP contribution in [0.2, 0.25) is 0 Å². The molecule has 0 fully saturated rings. The zero-order valence-corrected chi connectivity index (χ0v) is 17.2. The van der Waals surface area contributed by atoms with E-state index in [2.05, 4.69) is 0 Å². The average Bonchev–Trinajstić information content (AvgIpc) is 3.07. The Morgan fingerprint density at radius 2 is 1.41 bits per heavy atom. The molecule has 6 nitrogen and oxygen atoms in total. The maximum absolute atomic E-state index is 12.9. The van der Waals surface area contributed by atoms with Gasteiger partial charge in [-0.15, -0.1) is 0 Å². The number of carbonyl (C=O) groups excluding carboxylic acids is 1. The molecule has 0 radical (unpaired) electrons. The molecule has 152 valence electrons. The molecule has 0 spiro atoms. The van der Waals surface area contributed by atoms with Crippen LogP contribution in [0.25, 0.3) is 6.08 Å². The molecular formula is C23H24O6. The van der Waals surface area contributed by atoms with Crippen molar-refractivity contribution in [1.82, 2.24) is 0 Å². The molecule has 0 atom stereocenters. The SMILES string of the molecule is COc1cc(/C=C/C=C2\Cc3ccc(OC)c(OC)c3C2=O)cc(OC)c1OC. The van der Waals surface area contributed by atoms with Crippen LogP contribution in [0.1, 0.15) is 21.5 Å². The second kappa shape index (κ2) is 8.73. The lowest BCUT2D eigenvalue weighted by Gasteiger charge is -2.12. The fourth-order valence-electron chi connectivity index (χ4n) is 3.42. The lowest BCUT2D eigenvalue weighted by atomic mass is 10.1. The predicted octanol–water partition coefficient (Wildman–Crippen LogP) is 4.11. The van der Waals surface area contributed by atoms with Gasteiger partial charge in [-0.25, -0.2) is 0 Å². The Morgan fingerprint density at radius 3 is 1.97 bits per heavy atom. The number of fused-ring (bicyclic) bond motifs is 1. The van der Waals surface area contributed by atoms with Gasteiger partial charge in [-0.05, 0) is 29.3 Å². The van der Waals surface area contributed by atoms with Crippen molar-refractivity contribution in [1.29, 1.82) is 0 Å². The summed E-state index contributed by atoms with van der Waals surface area (Å²) >= 11 is 0. The van der Waals surface area contributed by atoms with Gasteiger partial charge in [0.2, 0.25) is 5.75 Å². The highest BCUT2D eigenvalue weighted by atomic mass is 16.5. The maximum atomic E-state index is 12.9. The molecule has 0 N–H and O–H groups in total. The first kappa shape index (κ1) is 20.3. The Bertz CT molecular complexity index is 962. The van der Waals surface area contributed by atoms with Gasteiger partial charge in [0.15, 0.2) is 28.8 Å². The van der Waals surface area contributed by atoms with E-state index in [9.17, 15) is 4.79 Å². The highest BCUT2D eigenvalue weighted by Gasteiger charge is 2.30. The number of hydrogen-bond donors (Lipinski definition) is 0. The topological polar surface area (TPSA) is 63.2 Å². The van der Waals surface area contributed by atoms with Gasteiger partial charge in [0.25, 0.3) is 0 Å². The van der Waals surface area contributed by atoms with Crippen molar-refractivity contribution in [2.24, 2.45) is 0 Å². The van der Waals surface area contributed by atoms with Gasteiger partial charge in [-0.2, -0.15) is 0 Å². The van der Waals surface area contributed by atoms with E-state index in [1.54, 1.807) is 28.4 Å². The third kappa shape index (κ3) is 3.78. The molecule has 29 heavy (non-hydrogen) atoms. The van der Waals surface area contributed by atoms with Gasteiger partial charge < -0.3 is 23.7 Å². The molecule has 1 aliphatic carbocycles. The molecule has 0 saturated heterocycles. The lowest BCUT2D eigenvalue weighted by molar-refractivity contribution is 0.103. The zero-order chi connectivity index (χ0) is 21.0. The first-order chi connectivity index (χ1) is 14.1. The summed E-state index contributed by atoms with van der Waals surface area (Å²) in [6, 6.07) is 7.41. The number of rotatable bonds is 7. The zero-order valence-electron chi connectivity index (χ0n) is 17.2. The number of carbonyl (C=O) groups is 1. The number of ketones is 1. The number of hydrogen-bond acceptors (Lipinski definition) is 6. The van der Waals surface area contributed by atoms with Gasteiger partial charge in [0.1, 0.15) is 0 Å². The van der Waals surface area contributed by atoms with Crippen LogP contribution in [0, 0.1) is 0 Å². The highest BCUT2D eigenvalue weighted by Crippen LogP contribution is 2.40. The molecule has 1 aliphatic rings. The summed E-state index contributed by atoms with van der Waals surface area (Å²) < 4.78 is 26.8. The average molecular weight is 396 g/mol. The van der Waals surface area contributed by atoms with E-state index in [-0.39, 0.29) is 5.78 Å². The minimum Gasteiger partial charge on any atom is -0.493 e.